The molecule has 2 saturated heterocycles. The minimum absolute atomic E-state index is 0.116. The lowest BCUT2D eigenvalue weighted by Crippen LogP contribution is -2.35. The summed E-state index contributed by atoms with van der Waals surface area (Å²) in [6.45, 7) is 3.86. The molecule has 0 unspecified atom stereocenters. The molecule has 102 valence electrons. The zero-order valence-corrected chi connectivity index (χ0v) is 11.4. The molecular formula is C16H15NO3. The summed E-state index contributed by atoms with van der Waals surface area (Å²) in [4.78, 5) is 26.8. The van der Waals surface area contributed by atoms with Crippen LogP contribution in [-0.4, -0.2) is 24.0 Å². The largest absolute Gasteiger partial charge is 0.365 e. The zero-order valence-electron chi connectivity index (χ0n) is 11.4. The van der Waals surface area contributed by atoms with Gasteiger partial charge in [-0.3, -0.25) is 9.59 Å². The van der Waals surface area contributed by atoms with Crippen LogP contribution in [0.4, 0.5) is 5.69 Å². The van der Waals surface area contributed by atoms with Crippen molar-refractivity contribution in [3.63, 3.8) is 0 Å². The highest BCUT2D eigenvalue weighted by Crippen LogP contribution is 2.47. The van der Waals surface area contributed by atoms with Gasteiger partial charge >= 0.3 is 0 Å². The van der Waals surface area contributed by atoms with Crippen LogP contribution in [-0.2, 0) is 14.3 Å². The Balaban J connectivity index is 1.82. The Kier molecular flexibility index (Phi) is 2.25. The minimum Gasteiger partial charge on any atom is -0.365 e. The van der Waals surface area contributed by atoms with Crippen LogP contribution in [0.5, 0.6) is 0 Å². The fourth-order valence-corrected chi connectivity index (χ4v) is 3.68. The van der Waals surface area contributed by atoms with Crippen LogP contribution < -0.4 is 4.90 Å². The highest BCUT2D eigenvalue weighted by Gasteiger charge is 2.61. The van der Waals surface area contributed by atoms with Gasteiger partial charge < -0.3 is 4.74 Å². The number of benzene rings is 1. The Hall–Kier alpha value is -1.94. The smallest absolute Gasteiger partial charge is 0.240 e. The van der Waals surface area contributed by atoms with Crippen LogP contribution >= 0.6 is 0 Å². The predicted molar refractivity (Wildman–Crippen MR) is 73.2 cm³/mol. The van der Waals surface area contributed by atoms with E-state index in [1.807, 2.05) is 44.2 Å². The number of aryl methyl sites for hydroxylation is 2. The van der Waals surface area contributed by atoms with Crippen molar-refractivity contribution in [1.29, 1.82) is 0 Å². The van der Waals surface area contributed by atoms with Crippen LogP contribution in [0.1, 0.15) is 11.1 Å². The van der Waals surface area contributed by atoms with E-state index in [1.165, 1.54) is 4.90 Å². The number of hydrogen-bond donors (Lipinski definition) is 0. The highest BCUT2D eigenvalue weighted by molar-refractivity contribution is 6.23. The van der Waals surface area contributed by atoms with Gasteiger partial charge in [0.25, 0.3) is 0 Å². The van der Waals surface area contributed by atoms with Gasteiger partial charge in [-0.1, -0.05) is 30.4 Å². The molecular weight excluding hydrogens is 254 g/mol. The summed E-state index contributed by atoms with van der Waals surface area (Å²) < 4.78 is 5.65. The molecule has 2 fully saturated rings. The molecule has 0 spiro atoms. The Morgan fingerprint density at radius 3 is 1.95 bits per heavy atom. The normalized spacial score (nSPS) is 34.2. The number of imide groups is 1. The maximum atomic E-state index is 12.7. The van der Waals surface area contributed by atoms with E-state index in [-0.39, 0.29) is 35.9 Å². The van der Waals surface area contributed by atoms with Gasteiger partial charge in [-0.25, -0.2) is 4.90 Å². The molecule has 4 heteroatoms. The van der Waals surface area contributed by atoms with E-state index in [1.54, 1.807) is 0 Å². The van der Waals surface area contributed by atoms with Crippen LogP contribution in [0.3, 0.4) is 0 Å². The number of amides is 2. The second-order valence-electron chi connectivity index (χ2n) is 5.75. The average Bonchev–Trinajstić information content (AvgIpc) is 3.07. The zero-order chi connectivity index (χ0) is 14.0. The molecule has 2 amide bonds. The van der Waals surface area contributed by atoms with E-state index in [0.29, 0.717) is 0 Å². The molecule has 3 heterocycles. The van der Waals surface area contributed by atoms with Crippen molar-refractivity contribution in [3.8, 4) is 0 Å². The second-order valence-corrected chi connectivity index (χ2v) is 5.75. The summed E-state index contributed by atoms with van der Waals surface area (Å²) in [6.07, 6.45) is 3.36. The molecule has 4 nitrogen and oxygen atoms in total. The minimum atomic E-state index is -0.337. The van der Waals surface area contributed by atoms with Crippen LogP contribution in [0.15, 0.2) is 30.4 Å². The molecule has 2 bridgehead atoms. The second kappa shape index (κ2) is 3.79. The molecule has 0 radical (unpaired) electrons. The van der Waals surface area contributed by atoms with Gasteiger partial charge in [0, 0.05) is 0 Å². The highest BCUT2D eigenvalue weighted by atomic mass is 16.5. The number of rotatable bonds is 1. The lowest BCUT2D eigenvalue weighted by atomic mass is 9.85. The van der Waals surface area contributed by atoms with Gasteiger partial charge in [0.15, 0.2) is 0 Å². The number of fused-ring (bicyclic) bond motifs is 5. The van der Waals surface area contributed by atoms with Crippen LogP contribution in [0.25, 0.3) is 0 Å². The number of anilines is 1. The third-order valence-corrected chi connectivity index (χ3v) is 4.57. The third-order valence-electron chi connectivity index (χ3n) is 4.57. The van der Waals surface area contributed by atoms with Gasteiger partial charge in [-0.15, -0.1) is 0 Å². The van der Waals surface area contributed by atoms with Crippen molar-refractivity contribution < 1.29 is 14.3 Å². The van der Waals surface area contributed by atoms with E-state index in [4.69, 9.17) is 4.74 Å². The van der Waals surface area contributed by atoms with Crippen molar-refractivity contribution >= 4 is 17.5 Å². The van der Waals surface area contributed by atoms with Crippen LogP contribution in [0.2, 0.25) is 0 Å². The molecule has 0 saturated carbocycles. The molecule has 3 aliphatic heterocycles. The lowest BCUT2D eigenvalue weighted by Gasteiger charge is -2.21. The van der Waals surface area contributed by atoms with E-state index in [2.05, 4.69) is 0 Å². The number of carbonyl (C=O) groups is 2. The number of nitrogens with zero attached hydrogens (tertiary/aromatic N) is 1. The van der Waals surface area contributed by atoms with Crippen molar-refractivity contribution in [2.24, 2.45) is 11.8 Å². The third kappa shape index (κ3) is 1.29. The first-order chi connectivity index (χ1) is 9.59. The van der Waals surface area contributed by atoms with Gasteiger partial charge in [0.05, 0.1) is 29.7 Å². The summed E-state index contributed by atoms with van der Waals surface area (Å²) in [5.74, 6) is -0.906. The summed E-state index contributed by atoms with van der Waals surface area (Å²) in [5, 5.41) is 0. The molecule has 4 atom stereocenters. The van der Waals surface area contributed by atoms with E-state index in [0.717, 1.165) is 16.8 Å². The number of carbonyl (C=O) groups excluding carboxylic acids is 2. The SMILES string of the molecule is Cc1cccc(C)c1N1C(=O)[C@@H]2[C@H](C1=O)[C@@H]1C=C[C@@H]2O1. The van der Waals surface area contributed by atoms with Gasteiger partial charge in [-0.2, -0.15) is 0 Å². The Morgan fingerprint density at radius 2 is 1.45 bits per heavy atom. The number of ether oxygens (including phenoxy) is 1. The molecule has 4 rings (SSSR count). The first kappa shape index (κ1) is 11.9. The number of hydrogen-bond acceptors (Lipinski definition) is 3. The monoisotopic (exact) mass is 269 g/mol. The molecule has 0 N–H and O–H groups in total. The standard InChI is InChI=1S/C16H15NO3/c1-8-4-3-5-9(2)14(8)17-15(18)12-10-6-7-11(20-10)13(12)16(17)19/h3-7,10-13H,1-2H3/t10-,11-,12-,13+/m0/s1. The summed E-state index contributed by atoms with van der Waals surface area (Å²) in [7, 11) is 0. The fourth-order valence-electron chi connectivity index (χ4n) is 3.68. The predicted octanol–water partition coefficient (Wildman–Crippen LogP) is 1.75. The fraction of sp³-hybridized carbons (Fsp3) is 0.375. The molecule has 3 aliphatic rings. The molecule has 0 aliphatic carbocycles. The molecule has 1 aromatic carbocycles. The van der Waals surface area contributed by atoms with Gasteiger partial charge in [0.2, 0.25) is 11.8 Å². The molecule has 20 heavy (non-hydrogen) atoms. The van der Waals surface area contributed by atoms with Crippen LogP contribution in [0, 0.1) is 25.7 Å². The van der Waals surface area contributed by atoms with Gasteiger partial charge in [0.1, 0.15) is 0 Å². The average molecular weight is 269 g/mol. The Bertz CT molecular complexity index is 613. The first-order valence-corrected chi connectivity index (χ1v) is 6.87. The first-order valence-electron chi connectivity index (χ1n) is 6.87. The summed E-state index contributed by atoms with van der Waals surface area (Å²) in [5.41, 5.74) is 2.65. The Morgan fingerprint density at radius 1 is 0.950 bits per heavy atom. The summed E-state index contributed by atoms with van der Waals surface area (Å²) >= 11 is 0. The Labute approximate surface area is 117 Å². The van der Waals surface area contributed by atoms with Crippen molar-refractivity contribution in [2.75, 3.05) is 4.90 Å². The molecule has 1 aromatic rings. The summed E-state index contributed by atoms with van der Waals surface area (Å²) in [6, 6.07) is 5.80. The number of para-hydroxylation sites is 1. The quantitative estimate of drug-likeness (QED) is 0.576. The van der Waals surface area contributed by atoms with E-state index < -0.39 is 0 Å². The van der Waals surface area contributed by atoms with E-state index in [9.17, 15) is 9.59 Å². The van der Waals surface area contributed by atoms with Crippen molar-refractivity contribution in [1.82, 2.24) is 0 Å². The van der Waals surface area contributed by atoms with Crippen molar-refractivity contribution in [2.45, 2.75) is 26.1 Å². The lowest BCUT2D eigenvalue weighted by molar-refractivity contribution is -0.124. The maximum Gasteiger partial charge on any atom is 0.240 e. The maximum absolute atomic E-state index is 12.7. The topological polar surface area (TPSA) is 46.6 Å². The molecule has 0 aromatic heterocycles. The van der Waals surface area contributed by atoms with E-state index >= 15 is 0 Å². The van der Waals surface area contributed by atoms with Gasteiger partial charge in [-0.05, 0) is 25.0 Å². The van der Waals surface area contributed by atoms with Crippen molar-refractivity contribution in [3.05, 3.63) is 41.5 Å².